The molecule has 20 heavy (non-hydrogen) atoms. The minimum Gasteiger partial charge on any atom is -0.480 e. The zero-order valence-electron chi connectivity index (χ0n) is 11.2. The first-order valence-electron chi connectivity index (χ1n) is 5.78. The molecule has 1 aliphatic heterocycles. The number of carbonyl (C=O) groups is 2. The Morgan fingerprint density at radius 1 is 1.30 bits per heavy atom. The predicted molar refractivity (Wildman–Crippen MR) is 60.0 cm³/mol. The van der Waals surface area contributed by atoms with Crippen LogP contribution >= 0.6 is 0 Å². The topological polar surface area (TPSA) is 87.1 Å². The van der Waals surface area contributed by atoms with E-state index in [1.807, 2.05) is 0 Å². The molecule has 0 radical (unpaired) electrons. The summed E-state index contributed by atoms with van der Waals surface area (Å²) in [5.41, 5.74) is -4.23. The van der Waals surface area contributed by atoms with Crippen LogP contribution < -0.4 is 0 Å². The number of nitrogens with zero attached hydrogens (tertiary/aromatic N) is 1. The summed E-state index contributed by atoms with van der Waals surface area (Å²) < 4.78 is 43.1. The van der Waals surface area contributed by atoms with Gasteiger partial charge in [-0.15, -0.1) is 0 Å². The SMILES string of the molecule is CC(C)(C)OC(=O)N1C[C@@](O)(C(F)(F)F)C[C@@H]1C(=O)O. The Kier molecular flexibility index (Phi) is 3.97. The van der Waals surface area contributed by atoms with E-state index < -0.39 is 48.4 Å². The van der Waals surface area contributed by atoms with Crippen molar-refractivity contribution in [3.63, 3.8) is 0 Å². The Hall–Kier alpha value is -1.51. The molecule has 0 aliphatic carbocycles. The van der Waals surface area contributed by atoms with E-state index in [0.29, 0.717) is 4.90 Å². The van der Waals surface area contributed by atoms with Gasteiger partial charge in [0.05, 0.1) is 6.54 Å². The maximum atomic E-state index is 12.7. The van der Waals surface area contributed by atoms with E-state index >= 15 is 0 Å². The fourth-order valence-corrected chi connectivity index (χ4v) is 1.82. The fraction of sp³-hybridized carbons (Fsp3) is 0.818. The Morgan fingerprint density at radius 3 is 2.15 bits per heavy atom. The summed E-state index contributed by atoms with van der Waals surface area (Å²) in [6, 6.07) is -1.78. The molecule has 116 valence electrons. The van der Waals surface area contributed by atoms with Crippen molar-refractivity contribution in [1.29, 1.82) is 0 Å². The van der Waals surface area contributed by atoms with Crippen LogP contribution in [-0.2, 0) is 9.53 Å². The number of ether oxygens (including phenoxy) is 1. The number of likely N-dealkylation sites (tertiary alicyclic amines) is 1. The molecule has 1 rings (SSSR count). The second kappa shape index (κ2) is 4.80. The molecule has 1 aliphatic rings. The quantitative estimate of drug-likeness (QED) is 0.763. The van der Waals surface area contributed by atoms with Gasteiger partial charge in [0, 0.05) is 6.42 Å². The van der Waals surface area contributed by atoms with E-state index in [2.05, 4.69) is 0 Å². The van der Waals surface area contributed by atoms with Crippen LogP contribution in [0.15, 0.2) is 0 Å². The van der Waals surface area contributed by atoms with Crippen molar-refractivity contribution >= 4 is 12.1 Å². The summed E-state index contributed by atoms with van der Waals surface area (Å²) in [6.07, 6.45) is -7.35. The molecule has 0 saturated carbocycles. The number of β-amino-alcohol motifs (C(OH)–C–C–N with tert-alkyl or cyclic N) is 1. The minimum atomic E-state index is -5.03. The number of aliphatic carboxylic acids is 1. The van der Waals surface area contributed by atoms with Crippen molar-refractivity contribution in [1.82, 2.24) is 4.90 Å². The van der Waals surface area contributed by atoms with Crippen LogP contribution in [0.25, 0.3) is 0 Å². The molecule has 1 heterocycles. The summed E-state index contributed by atoms with van der Waals surface area (Å²) in [5, 5.41) is 18.4. The van der Waals surface area contributed by atoms with E-state index in [1.165, 1.54) is 20.8 Å². The zero-order valence-corrected chi connectivity index (χ0v) is 11.2. The number of carboxylic acid groups (broad SMARTS) is 1. The van der Waals surface area contributed by atoms with Crippen LogP contribution in [-0.4, -0.2) is 57.1 Å². The number of alkyl halides is 3. The predicted octanol–water partition coefficient (Wildman–Crippen LogP) is 1.37. The average Bonchev–Trinajstić information content (AvgIpc) is 2.54. The van der Waals surface area contributed by atoms with Gasteiger partial charge in [-0.1, -0.05) is 0 Å². The van der Waals surface area contributed by atoms with Gasteiger partial charge in [-0.2, -0.15) is 13.2 Å². The normalized spacial score (nSPS) is 27.6. The van der Waals surface area contributed by atoms with Crippen molar-refractivity contribution in [2.75, 3.05) is 6.54 Å². The molecule has 1 saturated heterocycles. The molecule has 0 spiro atoms. The number of hydrogen-bond acceptors (Lipinski definition) is 4. The van der Waals surface area contributed by atoms with Crippen LogP contribution in [0, 0.1) is 0 Å². The lowest BCUT2D eigenvalue weighted by atomic mass is 10.00. The van der Waals surface area contributed by atoms with Gasteiger partial charge in [0.15, 0.2) is 5.60 Å². The Balaban J connectivity index is 3.00. The number of carboxylic acids is 1. The highest BCUT2D eigenvalue weighted by atomic mass is 19.4. The lowest BCUT2D eigenvalue weighted by Gasteiger charge is -2.28. The third-order valence-corrected chi connectivity index (χ3v) is 2.78. The smallest absolute Gasteiger partial charge is 0.419 e. The van der Waals surface area contributed by atoms with Crippen molar-refractivity contribution in [2.45, 2.75) is 50.6 Å². The van der Waals surface area contributed by atoms with Gasteiger partial charge >= 0.3 is 18.2 Å². The van der Waals surface area contributed by atoms with Crippen molar-refractivity contribution < 1.29 is 37.7 Å². The van der Waals surface area contributed by atoms with Crippen LogP contribution in [0.4, 0.5) is 18.0 Å². The van der Waals surface area contributed by atoms with Gasteiger partial charge in [0.25, 0.3) is 0 Å². The molecule has 0 bridgehead atoms. The highest BCUT2D eigenvalue weighted by molar-refractivity contribution is 5.81. The van der Waals surface area contributed by atoms with Crippen molar-refractivity contribution in [3.8, 4) is 0 Å². The molecule has 2 N–H and O–H groups in total. The maximum Gasteiger partial charge on any atom is 0.419 e. The molecule has 1 amide bonds. The van der Waals surface area contributed by atoms with Crippen LogP contribution in [0.3, 0.4) is 0 Å². The highest BCUT2D eigenvalue weighted by Crippen LogP contribution is 2.40. The minimum absolute atomic E-state index is 0.390. The first-order chi connectivity index (χ1) is 8.77. The fourth-order valence-electron chi connectivity index (χ4n) is 1.82. The van der Waals surface area contributed by atoms with Gasteiger partial charge in [0.2, 0.25) is 0 Å². The molecular weight excluding hydrogens is 283 g/mol. The monoisotopic (exact) mass is 299 g/mol. The zero-order chi connectivity index (χ0) is 15.9. The third kappa shape index (κ3) is 3.33. The number of amides is 1. The summed E-state index contributed by atoms with van der Waals surface area (Å²) in [7, 11) is 0. The molecule has 0 unspecified atom stereocenters. The summed E-state index contributed by atoms with van der Waals surface area (Å²) >= 11 is 0. The largest absolute Gasteiger partial charge is 0.480 e. The van der Waals surface area contributed by atoms with Crippen LogP contribution in [0.1, 0.15) is 27.2 Å². The molecule has 0 aromatic rings. The van der Waals surface area contributed by atoms with Gasteiger partial charge in [-0.3, -0.25) is 4.90 Å². The highest BCUT2D eigenvalue weighted by Gasteiger charge is 2.62. The maximum absolute atomic E-state index is 12.7. The number of hydrogen-bond donors (Lipinski definition) is 2. The number of halogens is 3. The molecule has 9 heteroatoms. The summed E-state index contributed by atoms with van der Waals surface area (Å²) in [4.78, 5) is 23.1. The van der Waals surface area contributed by atoms with E-state index in [-0.39, 0.29) is 0 Å². The van der Waals surface area contributed by atoms with Gasteiger partial charge in [0.1, 0.15) is 11.6 Å². The lowest BCUT2D eigenvalue weighted by molar-refractivity contribution is -0.253. The molecule has 1 fully saturated rings. The Morgan fingerprint density at radius 2 is 1.80 bits per heavy atom. The molecule has 2 atom stereocenters. The summed E-state index contributed by atoms with van der Waals surface area (Å²) in [5.74, 6) is -1.63. The standard InChI is InChI=1S/C11H16F3NO5/c1-9(2,3)20-8(18)15-5-10(19,11(12,13)14)4-6(15)7(16)17/h6,19H,4-5H2,1-3H3,(H,16,17)/t6-,10-/m1/s1. The number of carbonyl (C=O) groups excluding carboxylic acids is 1. The Bertz CT molecular complexity index is 417. The van der Waals surface area contributed by atoms with E-state index in [4.69, 9.17) is 9.84 Å². The molecule has 6 nitrogen and oxygen atoms in total. The van der Waals surface area contributed by atoms with Crippen LogP contribution in [0.5, 0.6) is 0 Å². The third-order valence-electron chi connectivity index (χ3n) is 2.78. The first kappa shape index (κ1) is 16.5. The van der Waals surface area contributed by atoms with Gasteiger partial charge in [-0.25, -0.2) is 9.59 Å². The van der Waals surface area contributed by atoms with Gasteiger partial charge < -0.3 is 14.9 Å². The molecular formula is C11H16F3NO5. The second-order valence-electron chi connectivity index (χ2n) is 5.70. The molecule has 0 aromatic carbocycles. The van der Waals surface area contributed by atoms with Gasteiger partial charge in [-0.05, 0) is 20.8 Å². The number of aliphatic hydroxyl groups is 1. The second-order valence-corrected chi connectivity index (χ2v) is 5.70. The Labute approximate surface area is 113 Å². The lowest BCUT2D eigenvalue weighted by Crippen LogP contribution is -2.48. The van der Waals surface area contributed by atoms with E-state index in [0.717, 1.165) is 0 Å². The first-order valence-corrected chi connectivity index (χ1v) is 5.78. The van der Waals surface area contributed by atoms with Crippen LogP contribution in [0.2, 0.25) is 0 Å². The molecule has 0 aromatic heterocycles. The van der Waals surface area contributed by atoms with E-state index in [9.17, 15) is 27.9 Å². The average molecular weight is 299 g/mol. The van der Waals surface area contributed by atoms with Crippen molar-refractivity contribution in [2.24, 2.45) is 0 Å². The van der Waals surface area contributed by atoms with E-state index in [1.54, 1.807) is 0 Å². The summed E-state index contributed by atoms with van der Waals surface area (Å²) in [6.45, 7) is 3.31. The number of rotatable bonds is 1. The van der Waals surface area contributed by atoms with Crippen molar-refractivity contribution in [3.05, 3.63) is 0 Å².